The molecule has 0 saturated heterocycles. The van der Waals surface area contributed by atoms with Crippen LogP contribution in [0.5, 0.6) is 5.88 Å². The lowest BCUT2D eigenvalue weighted by atomic mass is 10.0. The van der Waals surface area contributed by atoms with E-state index in [4.69, 9.17) is 16.3 Å². The molecule has 170 valence electrons. The van der Waals surface area contributed by atoms with Crippen LogP contribution in [0.25, 0.3) is 10.8 Å². The van der Waals surface area contributed by atoms with E-state index in [-0.39, 0.29) is 17.5 Å². The lowest BCUT2D eigenvalue weighted by Gasteiger charge is -2.26. The number of benzene rings is 2. The summed E-state index contributed by atoms with van der Waals surface area (Å²) in [5, 5.41) is 10.2. The Labute approximate surface area is 192 Å². The van der Waals surface area contributed by atoms with Crippen molar-refractivity contribution in [1.29, 1.82) is 0 Å². The highest BCUT2D eigenvalue weighted by Crippen LogP contribution is 2.33. The number of anilines is 1. The normalized spacial score (nSPS) is 11.9. The lowest BCUT2D eigenvalue weighted by Crippen LogP contribution is -2.33. The summed E-state index contributed by atoms with van der Waals surface area (Å²) in [5.41, 5.74) is 1.04. The van der Waals surface area contributed by atoms with Gasteiger partial charge in [-0.05, 0) is 42.6 Å². The number of H-pyrrole nitrogens is 1. The van der Waals surface area contributed by atoms with E-state index in [0.717, 1.165) is 0 Å². The molecule has 2 aromatic heterocycles. The summed E-state index contributed by atoms with van der Waals surface area (Å²) in [6, 6.07) is 7.31. The van der Waals surface area contributed by atoms with Gasteiger partial charge >= 0.3 is 6.03 Å². The van der Waals surface area contributed by atoms with E-state index >= 15 is 0 Å². The zero-order chi connectivity index (χ0) is 23.5. The summed E-state index contributed by atoms with van der Waals surface area (Å²) in [5.74, 6) is -0.300. The summed E-state index contributed by atoms with van der Waals surface area (Å²) in [6.45, 7) is 1.89. The molecule has 0 spiro atoms. The fourth-order valence-corrected chi connectivity index (χ4v) is 3.45. The van der Waals surface area contributed by atoms with Crippen molar-refractivity contribution in [3.8, 4) is 5.88 Å². The van der Waals surface area contributed by atoms with E-state index in [1.54, 1.807) is 19.3 Å². The van der Waals surface area contributed by atoms with Gasteiger partial charge in [0.15, 0.2) is 5.82 Å². The number of halogens is 3. The highest BCUT2D eigenvalue weighted by Gasteiger charge is 2.22. The van der Waals surface area contributed by atoms with Gasteiger partial charge in [-0.2, -0.15) is 5.10 Å². The van der Waals surface area contributed by atoms with Crippen molar-refractivity contribution in [3.63, 3.8) is 0 Å². The Bertz CT molecular complexity index is 1300. The van der Waals surface area contributed by atoms with E-state index in [1.807, 2.05) is 6.92 Å². The Hall–Kier alpha value is -3.79. The van der Waals surface area contributed by atoms with Gasteiger partial charge in [0.1, 0.15) is 24.6 Å². The molecule has 4 aromatic rings. The van der Waals surface area contributed by atoms with Gasteiger partial charge in [0.2, 0.25) is 5.88 Å². The van der Waals surface area contributed by atoms with Crippen LogP contribution >= 0.6 is 11.6 Å². The molecular formula is C22H19ClF2N6O2. The zero-order valence-electron chi connectivity index (χ0n) is 17.6. The minimum Gasteiger partial charge on any atom is -0.469 e. The largest absolute Gasteiger partial charge is 0.469 e. The third kappa shape index (κ3) is 4.85. The van der Waals surface area contributed by atoms with Crippen LogP contribution in [0.4, 0.5) is 19.3 Å². The number of pyridine rings is 1. The Morgan fingerprint density at radius 3 is 2.76 bits per heavy atom. The predicted molar refractivity (Wildman–Crippen MR) is 119 cm³/mol. The average molecular weight is 473 g/mol. The summed E-state index contributed by atoms with van der Waals surface area (Å²) < 4.78 is 33.1. The van der Waals surface area contributed by atoms with Crippen LogP contribution in [0.3, 0.4) is 0 Å². The highest BCUT2D eigenvalue weighted by molar-refractivity contribution is 6.31. The van der Waals surface area contributed by atoms with Crippen LogP contribution in [0.15, 0.2) is 48.9 Å². The molecule has 0 aliphatic rings. The van der Waals surface area contributed by atoms with Crippen molar-refractivity contribution in [1.82, 2.24) is 25.1 Å². The number of ether oxygens (including phenoxy) is 1. The number of nitrogens with one attached hydrogen (secondary N) is 2. The SMILES string of the molecule is CC(c1cnc(OCc2ncn[nH]2)c2cc(F)ccc12)N(C)C(=O)Nc1ccc(F)c(Cl)c1. The first-order chi connectivity index (χ1) is 15.8. The number of aromatic nitrogens is 4. The summed E-state index contributed by atoms with van der Waals surface area (Å²) in [7, 11) is 1.61. The maximum atomic E-state index is 14.0. The molecule has 0 bridgehead atoms. The molecule has 1 atom stereocenters. The van der Waals surface area contributed by atoms with Crippen LogP contribution in [-0.4, -0.2) is 38.1 Å². The molecule has 2 heterocycles. The average Bonchev–Trinajstić information content (AvgIpc) is 3.32. The highest BCUT2D eigenvalue weighted by atomic mass is 35.5. The number of amides is 2. The molecule has 4 rings (SSSR count). The molecule has 0 saturated carbocycles. The van der Waals surface area contributed by atoms with Gasteiger partial charge in [0.05, 0.1) is 11.1 Å². The van der Waals surface area contributed by atoms with Crippen LogP contribution in [0.2, 0.25) is 5.02 Å². The van der Waals surface area contributed by atoms with Crippen molar-refractivity contribution >= 4 is 34.1 Å². The van der Waals surface area contributed by atoms with Gasteiger partial charge in [0, 0.05) is 29.9 Å². The molecule has 0 aliphatic carbocycles. The van der Waals surface area contributed by atoms with Gasteiger partial charge in [0.25, 0.3) is 0 Å². The molecule has 0 fully saturated rings. The second-order valence-corrected chi connectivity index (χ2v) is 7.68. The minimum atomic E-state index is -0.577. The summed E-state index contributed by atoms with van der Waals surface area (Å²) in [4.78, 5) is 22.6. The van der Waals surface area contributed by atoms with E-state index in [2.05, 4.69) is 25.5 Å². The Kier molecular flexibility index (Phi) is 6.36. The molecule has 11 heteroatoms. The molecule has 0 radical (unpaired) electrons. The molecule has 33 heavy (non-hydrogen) atoms. The fraction of sp³-hybridized carbons (Fsp3) is 0.182. The van der Waals surface area contributed by atoms with E-state index in [1.165, 1.54) is 41.6 Å². The summed E-state index contributed by atoms with van der Waals surface area (Å²) in [6.07, 6.45) is 2.94. The van der Waals surface area contributed by atoms with E-state index in [9.17, 15) is 13.6 Å². The number of fused-ring (bicyclic) bond motifs is 1. The molecular weight excluding hydrogens is 454 g/mol. The van der Waals surface area contributed by atoms with Crippen LogP contribution < -0.4 is 10.1 Å². The second kappa shape index (κ2) is 9.37. The zero-order valence-corrected chi connectivity index (χ0v) is 18.4. The Balaban J connectivity index is 1.59. The van der Waals surface area contributed by atoms with Crippen molar-refractivity contribution < 1.29 is 18.3 Å². The Morgan fingerprint density at radius 1 is 1.21 bits per heavy atom. The number of aromatic amines is 1. The fourth-order valence-electron chi connectivity index (χ4n) is 3.27. The molecule has 0 aliphatic heterocycles. The van der Waals surface area contributed by atoms with E-state index in [0.29, 0.717) is 27.8 Å². The Morgan fingerprint density at radius 2 is 2.03 bits per heavy atom. The topological polar surface area (TPSA) is 96.0 Å². The maximum absolute atomic E-state index is 14.0. The van der Waals surface area contributed by atoms with Crippen molar-refractivity contribution in [2.24, 2.45) is 0 Å². The third-order valence-electron chi connectivity index (χ3n) is 5.18. The van der Waals surface area contributed by atoms with Crippen molar-refractivity contribution in [2.75, 3.05) is 12.4 Å². The van der Waals surface area contributed by atoms with E-state index < -0.39 is 23.7 Å². The molecule has 2 aromatic carbocycles. The number of nitrogens with zero attached hydrogens (tertiary/aromatic N) is 4. The quantitative estimate of drug-likeness (QED) is 0.407. The van der Waals surface area contributed by atoms with Gasteiger partial charge in [-0.3, -0.25) is 5.10 Å². The monoisotopic (exact) mass is 472 g/mol. The standard InChI is InChI=1S/C22H19ClF2N6O2/c1-12(31(2)22(32)29-14-4-6-19(25)18(23)8-14)17-9-26-21(33-10-20-27-11-28-30-20)16-7-13(24)3-5-15(16)17/h3-9,11-12H,10H2,1-2H3,(H,29,32)(H,27,28,30). The van der Waals surface area contributed by atoms with Gasteiger partial charge < -0.3 is 15.0 Å². The maximum Gasteiger partial charge on any atom is 0.322 e. The predicted octanol–water partition coefficient (Wildman–Crippen LogP) is 5.09. The first-order valence-electron chi connectivity index (χ1n) is 9.87. The number of hydrogen-bond acceptors (Lipinski definition) is 5. The van der Waals surface area contributed by atoms with Gasteiger partial charge in [-0.25, -0.2) is 23.5 Å². The number of carbonyl (C=O) groups excluding carboxylic acids is 1. The first kappa shape index (κ1) is 22.4. The molecule has 1 unspecified atom stereocenters. The van der Waals surface area contributed by atoms with Crippen LogP contribution in [0.1, 0.15) is 24.4 Å². The molecule has 2 N–H and O–H groups in total. The number of rotatable bonds is 6. The van der Waals surface area contributed by atoms with Gasteiger partial charge in [-0.1, -0.05) is 17.7 Å². The smallest absolute Gasteiger partial charge is 0.322 e. The van der Waals surface area contributed by atoms with Crippen molar-refractivity contribution in [3.05, 3.63) is 77.0 Å². The lowest BCUT2D eigenvalue weighted by molar-refractivity contribution is 0.208. The second-order valence-electron chi connectivity index (χ2n) is 7.28. The third-order valence-corrected chi connectivity index (χ3v) is 5.47. The van der Waals surface area contributed by atoms with Crippen molar-refractivity contribution in [2.45, 2.75) is 19.6 Å². The molecule has 8 nitrogen and oxygen atoms in total. The van der Waals surface area contributed by atoms with Crippen LogP contribution in [-0.2, 0) is 6.61 Å². The number of hydrogen-bond donors (Lipinski definition) is 2. The minimum absolute atomic E-state index is 0.0794. The van der Waals surface area contributed by atoms with Gasteiger partial charge in [-0.15, -0.1) is 0 Å². The van der Waals surface area contributed by atoms with Crippen LogP contribution in [0, 0.1) is 11.6 Å². The summed E-state index contributed by atoms with van der Waals surface area (Å²) >= 11 is 5.79. The first-order valence-corrected chi connectivity index (χ1v) is 10.3. The number of urea groups is 1. The number of carbonyl (C=O) groups is 1. The molecule has 2 amide bonds.